The van der Waals surface area contributed by atoms with Gasteiger partial charge in [0.2, 0.25) is 5.78 Å². The number of benzene rings is 1. The third kappa shape index (κ3) is 4.81. The van der Waals surface area contributed by atoms with E-state index in [-0.39, 0.29) is 18.7 Å². The molecule has 0 aliphatic rings. The quantitative estimate of drug-likeness (QED) is 0.593. The lowest BCUT2D eigenvalue weighted by molar-refractivity contribution is -0.145. The van der Waals surface area contributed by atoms with Gasteiger partial charge in [-0.3, -0.25) is 9.59 Å². The molecule has 1 aromatic carbocycles. The molecule has 1 atom stereocenters. The fraction of sp³-hybridized carbons (Fsp3) is 0.350. The van der Waals surface area contributed by atoms with Crippen LogP contribution in [0, 0.1) is 19.7 Å². The Morgan fingerprint density at radius 3 is 2.37 bits per heavy atom. The van der Waals surface area contributed by atoms with E-state index in [1.165, 1.54) is 31.2 Å². The van der Waals surface area contributed by atoms with E-state index in [1.807, 2.05) is 0 Å². The summed E-state index contributed by atoms with van der Waals surface area (Å²) in [4.78, 5) is 39.6. The number of halogens is 1. The first-order chi connectivity index (χ1) is 12.7. The van der Waals surface area contributed by atoms with Crippen LogP contribution in [0.1, 0.15) is 51.5 Å². The molecule has 0 radical (unpaired) electrons. The zero-order valence-electron chi connectivity index (χ0n) is 15.7. The van der Waals surface area contributed by atoms with Gasteiger partial charge in [-0.25, -0.2) is 9.18 Å². The van der Waals surface area contributed by atoms with Gasteiger partial charge in [0.15, 0.2) is 6.10 Å². The van der Waals surface area contributed by atoms with Crippen molar-refractivity contribution >= 4 is 17.7 Å². The number of nitrogens with one attached hydrogen (secondary N) is 1. The molecule has 0 unspecified atom stereocenters. The van der Waals surface area contributed by atoms with E-state index >= 15 is 0 Å². The molecular weight excluding hydrogens is 353 g/mol. The van der Waals surface area contributed by atoms with E-state index < -0.39 is 29.6 Å². The summed E-state index contributed by atoms with van der Waals surface area (Å²) >= 11 is 0. The van der Waals surface area contributed by atoms with E-state index in [9.17, 15) is 18.8 Å². The third-order valence-electron chi connectivity index (χ3n) is 4.10. The molecular formula is C20H22FNO5. The van der Waals surface area contributed by atoms with Crippen molar-refractivity contribution in [2.45, 2.75) is 40.2 Å². The van der Waals surface area contributed by atoms with Gasteiger partial charge in [0.1, 0.15) is 5.82 Å². The van der Waals surface area contributed by atoms with Crippen LogP contribution >= 0.6 is 0 Å². The molecule has 1 heterocycles. The third-order valence-corrected chi connectivity index (χ3v) is 4.10. The van der Waals surface area contributed by atoms with Gasteiger partial charge in [0.05, 0.1) is 24.3 Å². The van der Waals surface area contributed by atoms with E-state index in [4.69, 9.17) is 9.47 Å². The van der Waals surface area contributed by atoms with E-state index in [0.29, 0.717) is 22.4 Å². The molecule has 144 valence electrons. The average molecular weight is 375 g/mol. The standard InChI is InChI=1S/C20H22FNO5/c1-5-26-20(25)17-11(2)18(22-12(17)3)19(24)13(4)27-16(23)10-14-6-8-15(21)9-7-14/h6-9,13,22H,5,10H2,1-4H3/t13-/m1/s1. The van der Waals surface area contributed by atoms with Crippen molar-refractivity contribution in [1.29, 1.82) is 0 Å². The molecule has 0 saturated heterocycles. The maximum absolute atomic E-state index is 12.9. The smallest absolute Gasteiger partial charge is 0.340 e. The van der Waals surface area contributed by atoms with Crippen LogP contribution in [0.2, 0.25) is 0 Å². The van der Waals surface area contributed by atoms with E-state index in [2.05, 4.69) is 4.98 Å². The first-order valence-corrected chi connectivity index (χ1v) is 8.59. The Balaban J connectivity index is 2.08. The lowest BCUT2D eigenvalue weighted by Crippen LogP contribution is -2.26. The molecule has 1 N–H and O–H groups in total. The summed E-state index contributed by atoms with van der Waals surface area (Å²) in [5.74, 6) is -1.96. The molecule has 0 aliphatic heterocycles. The molecule has 6 nitrogen and oxygen atoms in total. The van der Waals surface area contributed by atoms with Crippen molar-refractivity contribution < 1.29 is 28.2 Å². The lowest BCUT2D eigenvalue weighted by atomic mass is 10.1. The van der Waals surface area contributed by atoms with Crippen molar-refractivity contribution in [2.75, 3.05) is 6.61 Å². The second-order valence-electron chi connectivity index (χ2n) is 6.15. The number of aryl methyl sites for hydroxylation is 1. The van der Waals surface area contributed by atoms with Crippen LogP contribution < -0.4 is 0 Å². The van der Waals surface area contributed by atoms with Crippen LogP contribution in [-0.4, -0.2) is 35.4 Å². The summed E-state index contributed by atoms with van der Waals surface area (Å²) in [7, 11) is 0. The molecule has 0 aliphatic carbocycles. The highest BCUT2D eigenvalue weighted by atomic mass is 19.1. The average Bonchev–Trinajstić information content (AvgIpc) is 2.90. The molecule has 1 aromatic heterocycles. The molecule has 0 amide bonds. The van der Waals surface area contributed by atoms with Crippen LogP contribution in [0.4, 0.5) is 4.39 Å². The summed E-state index contributed by atoms with van der Waals surface area (Å²) < 4.78 is 23.1. The number of H-pyrrole nitrogens is 1. The maximum Gasteiger partial charge on any atom is 0.340 e. The topological polar surface area (TPSA) is 85.5 Å². The summed E-state index contributed by atoms with van der Waals surface area (Å²) in [5.41, 5.74) is 2.07. The van der Waals surface area contributed by atoms with E-state index in [0.717, 1.165) is 0 Å². The largest absolute Gasteiger partial charge is 0.462 e. The Kier molecular flexibility index (Phi) is 6.50. The number of rotatable bonds is 7. The molecule has 0 saturated carbocycles. The zero-order chi connectivity index (χ0) is 20.1. The summed E-state index contributed by atoms with van der Waals surface area (Å²) in [6, 6.07) is 5.46. The molecule has 2 rings (SSSR count). The number of aromatic amines is 1. The Labute approximate surface area is 156 Å². The minimum atomic E-state index is -1.04. The van der Waals surface area contributed by atoms with Crippen LogP contribution in [0.15, 0.2) is 24.3 Å². The number of esters is 2. The summed E-state index contributed by atoms with van der Waals surface area (Å²) in [6.07, 6.45) is -1.11. The molecule has 0 bridgehead atoms. The lowest BCUT2D eigenvalue weighted by Gasteiger charge is -2.12. The van der Waals surface area contributed by atoms with Crippen molar-refractivity contribution in [3.8, 4) is 0 Å². The highest BCUT2D eigenvalue weighted by Crippen LogP contribution is 2.21. The number of carbonyl (C=O) groups excluding carboxylic acids is 3. The molecule has 2 aromatic rings. The summed E-state index contributed by atoms with van der Waals surface area (Å²) in [6.45, 7) is 6.69. The molecule has 0 spiro atoms. The number of carbonyl (C=O) groups is 3. The van der Waals surface area contributed by atoms with Crippen molar-refractivity contribution in [3.05, 3.63) is 58.2 Å². The van der Waals surface area contributed by atoms with Crippen LogP contribution in [-0.2, 0) is 20.7 Å². The first-order valence-electron chi connectivity index (χ1n) is 8.59. The Hall–Kier alpha value is -2.96. The van der Waals surface area contributed by atoms with Crippen LogP contribution in [0.3, 0.4) is 0 Å². The SMILES string of the molecule is CCOC(=O)c1c(C)[nH]c(C(=O)[C@@H](C)OC(=O)Cc2ccc(F)cc2)c1C. The Bertz CT molecular complexity index is 854. The van der Waals surface area contributed by atoms with E-state index in [1.54, 1.807) is 20.8 Å². The summed E-state index contributed by atoms with van der Waals surface area (Å²) in [5, 5.41) is 0. The monoisotopic (exact) mass is 375 g/mol. The van der Waals surface area contributed by atoms with Gasteiger partial charge in [0, 0.05) is 5.69 Å². The fourth-order valence-electron chi connectivity index (χ4n) is 2.77. The Morgan fingerprint density at radius 2 is 1.78 bits per heavy atom. The van der Waals surface area contributed by atoms with Crippen molar-refractivity contribution in [3.63, 3.8) is 0 Å². The number of hydrogen-bond donors (Lipinski definition) is 1. The number of ether oxygens (including phenoxy) is 2. The maximum atomic E-state index is 12.9. The highest BCUT2D eigenvalue weighted by Gasteiger charge is 2.27. The first kappa shape index (κ1) is 20.4. The van der Waals surface area contributed by atoms with Gasteiger partial charge in [-0.2, -0.15) is 0 Å². The highest BCUT2D eigenvalue weighted by molar-refractivity contribution is 6.04. The fourth-order valence-corrected chi connectivity index (χ4v) is 2.77. The minimum Gasteiger partial charge on any atom is -0.462 e. The number of Topliss-reactive ketones (excluding diaryl/α,β-unsaturated/α-hetero) is 1. The number of aromatic nitrogens is 1. The molecule has 27 heavy (non-hydrogen) atoms. The van der Waals surface area contributed by atoms with Crippen molar-refractivity contribution in [1.82, 2.24) is 4.98 Å². The van der Waals surface area contributed by atoms with Crippen LogP contribution in [0.25, 0.3) is 0 Å². The molecule has 7 heteroatoms. The van der Waals surface area contributed by atoms with Gasteiger partial charge in [-0.15, -0.1) is 0 Å². The second kappa shape index (κ2) is 8.62. The van der Waals surface area contributed by atoms with Gasteiger partial charge in [0.25, 0.3) is 0 Å². The predicted octanol–water partition coefficient (Wildman–Crippen LogP) is 3.30. The second-order valence-corrected chi connectivity index (χ2v) is 6.15. The Morgan fingerprint density at radius 1 is 1.15 bits per heavy atom. The minimum absolute atomic E-state index is 0.0747. The number of ketones is 1. The van der Waals surface area contributed by atoms with Crippen molar-refractivity contribution in [2.24, 2.45) is 0 Å². The van der Waals surface area contributed by atoms with Gasteiger partial charge >= 0.3 is 11.9 Å². The predicted molar refractivity (Wildman–Crippen MR) is 96.2 cm³/mol. The normalized spacial score (nSPS) is 11.7. The number of hydrogen-bond acceptors (Lipinski definition) is 5. The van der Waals surface area contributed by atoms with Gasteiger partial charge < -0.3 is 14.5 Å². The van der Waals surface area contributed by atoms with Gasteiger partial charge in [-0.05, 0) is 51.0 Å². The van der Waals surface area contributed by atoms with Gasteiger partial charge in [-0.1, -0.05) is 12.1 Å². The molecule has 0 fully saturated rings. The zero-order valence-corrected chi connectivity index (χ0v) is 15.7. The van der Waals surface area contributed by atoms with Crippen LogP contribution in [0.5, 0.6) is 0 Å².